The van der Waals surface area contributed by atoms with Crippen molar-refractivity contribution in [3.63, 3.8) is 0 Å². The fraction of sp³-hybridized carbons (Fsp3) is 0.160. The number of nitrogens with one attached hydrogen (secondary N) is 3. The third-order valence-corrected chi connectivity index (χ3v) is 4.80. The molecule has 0 aliphatic heterocycles. The average molecular weight is 447 g/mol. The third-order valence-electron chi connectivity index (χ3n) is 4.80. The Labute approximate surface area is 191 Å². The lowest BCUT2D eigenvalue weighted by molar-refractivity contribution is 0.0846. The Morgan fingerprint density at radius 3 is 2.03 bits per heavy atom. The van der Waals surface area contributed by atoms with Gasteiger partial charge in [-0.1, -0.05) is 24.3 Å². The number of hydrogen-bond acceptors (Lipinski definition) is 5. The van der Waals surface area contributed by atoms with Crippen LogP contribution in [0.3, 0.4) is 0 Å². The summed E-state index contributed by atoms with van der Waals surface area (Å²) >= 11 is 0. The fourth-order valence-corrected chi connectivity index (χ4v) is 3.02. The molecule has 3 aromatic carbocycles. The van der Waals surface area contributed by atoms with Crippen molar-refractivity contribution in [2.24, 2.45) is 0 Å². The first-order valence-corrected chi connectivity index (χ1v) is 10.3. The molecule has 170 valence electrons. The summed E-state index contributed by atoms with van der Waals surface area (Å²) in [5.74, 6) is -0.404. The van der Waals surface area contributed by atoms with E-state index in [1.165, 1.54) is 13.2 Å². The molecule has 3 N–H and O–H groups in total. The van der Waals surface area contributed by atoms with E-state index in [1.54, 1.807) is 54.6 Å². The zero-order chi connectivity index (χ0) is 23.8. The van der Waals surface area contributed by atoms with E-state index in [2.05, 4.69) is 16.2 Å². The number of carbonyl (C=O) groups excluding carboxylic acids is 3. The quantitative estimate of drug-likeness (QED) is 0.479. The SMILES string of the molecule is CCOc1ccc(C(=O)NNC(=O)c2ccc(C)c(NC(=O)c3ccccc3)c2)cc1OC. The van der Waals surface area contributed by atoms with Gasteiger partial charge in [-0.15, -0.1) is 0 Å². The predicted molar refractivity (Wildman–Crippen MR) is 125 cm³/mol. The molecule has 3 amide bonds. The van der Waals surface area contributed by atoms with Crippen molar-refractivity contribution in [2.45, 2.75) is 13.8 Å². The van der Waals surface area contributed by atoms with Crippen LogP contribution >= 0.6 is 0 Å². The lowest BCUT2D eigenvalue weighted by atomic mass is 10.1. The van der Waals surface area contributed by atoms with E-state index in [0.717, 1.165) is 5.56 Å². The lowest BCUT2D eigenvalue weighted by Gasteiger charge is -2.13. The zero-order valence-corrected chi connectivity index (χ0v) is 18.6. The molecule has 3 aromatic rings. The van der Waals surface area contributed by atoms with Crippen molar-refractivity contribution in [1.82, 2.24) is 10.9 Å². The van der Waals surface area contributed by atoms with Gasteiger partial charge in [0, 0.05) is 22.4 Å². The fourth-order valence-electron chi connectivity index (χ4n) is 3.02. The number of hydrogen-bond donors (Lipinski definition) is 3. The van der Waals surface area contributed by atoms with E-state index in [0.29, 0.717) is 29.4 Å². The Balaban J connectivity index is 1.66. The molecular formula is C25H25N3O5. The summed E-state index contributed by atoms with van der Waals surface area (Å²) < 4.78 is 10.7. The second kappa shape index (κ2) is 10.8. The highest BCUT2D eigenvalue weighted by Gasteiger charge is 2.14. The Morgan fingerprint density at radius 2 is 1.39 bits per heavy atom. The first kappa shape index (κ1) is 23.3. The molecule has 0 aliphatic rings. The second-order valence-corrected chi connectivity index (χ2v) is 7.06. The Kier molecular flexibility index (Phi) is 7.64. The van der Waals surface area contributed by atoms with Gasteiger partial charge in [-0.3, -0.25) is 25.2 Å². The molecule has 0 aromatic heterocycles. The highest BCUT2D eigenvalue weighted by Crippen LogP contribution is 2.28. The molecule has 0 unspecified atom stereocenters. The molecular weight excluding hydrogens is 422 g/mol. The van der Waals surface area contributed by atoms with Crippen LogP contribution in [-0.4, -0.2) is 31.4 Å². The first-order valence-electron chi connectivity index (χ1n) is 10.3. The number of hydrazine groups is 1. The molecule has 33 heavy (non-hydrogen) atoms. The topological polar surface area (TPSA) is 106 Å². The van der Waals surface area contributed by atoms with Crippen molar-refractivity contribution in [1.29, 1.82) is 0 Å². The van der Waals surface area contributed by atoms with Gasteiger partial charge >= 0.3 is 0 Å². The first-order chi connectivity index (χ1) is 15.9. The van der Waals surface area contributed by atoms with Crippen molar-refractivity contribution in [3.05, 3.63) is 89.0 Å². The van der Waals surface area contributed by atoms with E-state index in [1.807, 2.05) is 19.9 Å². The van der Waals surface area contributed by atoms with E-state index >= 15 is 0 Å². The smallest absolute Gasteiger partial charge is 0.269 e. The summed E-state index contributed by atoms with van der Waals surface area (Å²) in [4.78, 5) is 37.5. The van der Waals surface area contributed by atoms with Crippen LogP contribution in [0.15, 0.2) is 66.7 Å². The van der Waals surface area contributed by atoms with E-state index in [4.69, 9.17) is 9.47 Å². The molecule has 0 aliphatic carbocycles. The van der Waals surface area contributed by atoms with Crippen LogP contribution in [0.4, 0.5) is 5.69 Å². The van der Waals surface area contributed by atoms with Gasteiger partial charge in [-0.05, 0) is 61.9 Å². The van der Waals surface area contributed by atoms with Crippen molar-refractivity contribution in [2.75, 3.05) is 19.0 Å². The summed E-state index contributed by atoms with van der Waals surface area (Å²) in [5.41, 5.74) is 7.12. The number of carbonyl (C=O) groups is 3. The van der Waals surface area contributed by atoms with Crippen LogP contribution in [0.25, 0.3) is 0 Å². The predicted octanol–water partition coefficient (Wildman–Crippen LogP) is 3.73. The molecule has 3 rings (SSSR count). The largest absolute Gasteiger partial charge is 0.493 e. The van der Waals surface area contributed by atoms with Gasteiger partial charge in [-0.25, -0.2) is 0 Å². The van der Waals surface area contributed by atoms with Gasteiger partial charge in [0.05, 0.1) is 13.7 Å². The van der Waals surface area contributed by atoms with Crippen molar-refractivity contribution < 1.29 is 23.9 Å². The Morgan fingerprint density at radius 1 is 0.758 bits per heavy atom. The number of amides is 3. The molecule has 0 spiro atoms. The number of anilines is 1. The van der Waals surface area contributed by atoms with Crippen molar-refractivity contribution >= 4 is 23.4 Å². The molecule has 0 atom stereocenters. The van der Waals surface area contributed by atoms with Gasteiger partial charge in [0.2, 0.25) is 0 Å². The summed E-state index contributed by atoms with van der Waals surface area (Å²) in [5, 5.41) is 2.81. The standard InChI is InChI=1S/C25H25N3O5/c1-4-33-21-13-12-19(15-22(21)32-3)25(31)28-27-24(30)18-11-10-16(2)20(14-18)26-23(29)17-8-6-5-7-9-17/h5-15H,4H2,1-3H3,(H,26,29)(H,27,30)(H,28,31). The summed E-state index contributed by atoms with van der Waals surface area (Å²) in [6.45, 7) is 4.13. The molecule has 0 bridgehead atoms. The van der Waals surface area contributed by atoms with Gasteiger partial charge in [0.1, 0.15) is 0 Å². The van der Waals surface area contributed by atoms with Crippen molar-refractivity contribution in [3.8, 4) is 11.5 Å². The minimum Gasteiger partial charge on any atom is -0.493 e. The van der Waals surface area contributed by atoms with Crippen LogP contribution in [0.5, 0.6) is 11.5 Å². The number of aryl methyl sites for hydroxylation is 1. The molecule has 0 fully saturated rings. The number of ether oxygens (including phenoxy) is 2. The summed E-state index contributed by atoms with van der Waals surface area (Å²) in [6, 6.07) is 18.4. The Hall–Kier alpha value is -4.33. The minimum atomic E-state index is -0.531. The molecule has 8 nitrogen and oxygen atoms in total. The normalized spacial score (nSPS) is 10.2. The molecule has 0 radical (unpaired) electrons. The third kappa shape index (κ3) is 5.88. The number of benzene rings is 3. The monoisotopic (exact) mass is 447 g/mol. The lowest BCUT2D eigenvalue weighted by Crippen LogP contribution is -2.41. The average Bonchev–Trinajstić information content (AvgIpc) is 2.84. The maximum absolute atomic E-state index is 12.6. The Bertz CT molecular complexity index is 1160. The van der Waals surface area contributed by atoms with E-state index < -0.39 is 11.8 Å². The van der Waals surface area contributed by atoms with Crippen LogP contribution in [0.2, 0.25) is 0 Å². The summed E-state index contributed by atoms with van der Waals surface area (Å²) in [6.07, 6.45) is 0. The number of methoxy groups -OCH3 is 1. The molecule has 8 heteroatoms. The van der Waals surface area contributed by atoms with E-state index in [-0.39, 0.29) is 17.0 Å². The highest BCUT2D eigenvalue weighted by atomic mass is 16.5. The maximum atomic E-state index is 12.6. The number of rotatable bonds is 7. The minimum absolute atomic E-state index is 0.272. The van der Waals surface area contributed by atoms with Crippen LogP contribution < -0.4 is 25.6 Å². The van der Waals surface area contributed by atoms with Gasteiger partial charge in [0.25, 0.3) is 17.7 Å². The second-order valence-electron chi connectivity index (χ2n) is 7.06. The zero-order valence-electron chi connectivity index (χ0n) is 18.6. The summed E-state index contributed by atoms with van der Waals surface area (Å²) in [7, 11) is 1.48. The van der Waals surface area contributed by atoms with E-state index in [9.17, 15) is 14.4 Å². The van der Waals surface area contributed by atoms with Gasteiger partial charge in [0.15, 0.2) is 11.5 Å². The molecule has 0 heterocycles. The van der Waals surface area contributed by atoms with Crippen LogP contribution in [0, 0.1) is 6.92 Å². The van der Waals surface area contributed by atoms with Crippen LogP contribution in [-0.2, 0) is 0 Å². The molecule has 0 saturated heterocycles. The van der Waals surface area contributed by atoms with Gasteiger partial charge < -0.3 is 14.8 Å². The maximum Gasteiger partial charge on any atom is 0.269 e. The van der Waals surface area contributed by atoms with Gasteiger partial charge in [-0.2, -0.15) is 0 Å². The highest BCUT2D eigenvalue weighted by molar-refractivity contribution is 6.06. The van der Waals surface area contributed by atoms with Crippen LogP contribution in [0.1, 0.15) is 43.6 Å². The molecule has 0 saturated carbocycles.